The molecule has 1 N–H and O–H groups in total. The van der Waals surface area contributed by atoms with E-state index in [1.54, 1.807) is 14.2 Å². The molecule has 7 fully saturated rings. The van der Waals surface area contributed by atoms with Gasteiger partial charge < -0.3 is 33.5 Å². The third-order valence-corrected chi connectivity index (χ3v) is 12.2. The fourth-order valence-corrected chi connectivity index (χ4v) is 11.8. The van der Waals surface area contributed by atoms with E-state index in [0.717, 1.165) is 25.9 Å². The number of methoxy groups -OCH3 is 2. The molecule has 0 radical (unpaired) electrons. The molecule has 0 amide bonds. The van der Waals surface area contributed by atoms with Gasteiger partial charge in [0, 0.05) is 52.9 Å². The minimum absolute atomic E-state index is 0.00343. The predicted molar refractivity (Wildman–Crippen MR) is 131 cm³/mol. The normalized spacial score (nSPS) is 57.4. The van der Waals surface area contributed by atoms with Crippen molar-refractivity contribution < 1.29 is 43.1 Å². The lowest BCUT2D eigenvalue weighted by atomic mass is 9.41. The second-order valence-corrected chi connectivity index (χ2v) is 13.2. The van der Waals surface area contributed by atoms with Crippen LogP contribution in [0.4, 0.5) is 0 Å². The molecular formula is C28H41NO9. The monoisotopic (exact) mass is 535 g/mol. The van der Waals surface area contributed by atoms with Crippen molar-refractivity contribution in [1.82, 2.24) is 4.90 Å². The molecular weight excluding hydrogens is 494 g/mol. The second-order valence-electron chi connectivity index (χ2n) is 13.2. The maximum absolute atomic E-state index is 13.5. The Morgan fingerprint density at radius 2 is 1.79 bits per heavy atom. The van der Waals surface area contributed by atoms with E-state index in [2.05, 4.69) is 18.7 Å². The first-order valence-corrected chi connectivity index (χ1v) is 14.2. The molecule has 3 spiro atoms. The van der Waals surface area contributed by atoms with E-state index in [0.29, 0.717) is 12.8 Å². The van der Waals surface area contributed by atoms with Crippen molar-refractivity contribution in [1.29, 1.82) is 0 Å². The molecule has 5 aliphatic carbocycles. The third kappa shape index (κ3) is 2.42. The summed E-state index contributed by atoms with van der Waals surface area (Å²) in [6.45, 7) is 8.81. The van der Waals surface area contributed by atoms with Gasteiger partial charge in [-0.15, -0.1) is 0 Å². The molecule has 38 heavy (non-hydrogen) atoms. The van der Waals surface area contributed by atoms with Crippen molar-refractivity contribution in [3.8, 4) is 0 Å². The second kappa shape index (κ2) is 7.70. The molecule has 0 aromatic rings. The number of piperidine rings is 1. The Labute approximate surface area is 223 Å². The van der Waals surface area contributed by atoms with Crippen LogP contribution in [-0.2, 0) is 38.0 Å². The zero-order valence-electron chi connectivity index (χ0n) is 23.2. The molecule has 5 saturated carbocycles. The lowest BCUT2D eigenvalue weighted by Gasteiger charge is -2.71. The van der Waals surface area contributed by atoms with Gasteiger partial charge in [-0.2, -0.15) is 0 Å². The number of likely N-dealkylation sites (tertiary alicyclic amines) is 1. The van der Waals surface area contributed by atoms with Crippen molar-refractivity contribution in [2.75, 3.05) is 34.1 Å². The molecule has 212 valence electrons. The fourth-order valence-electron chi connectivity index (χ4n) is 11.8. The molecule has 0 aromatic heterocycles. The van der Waals surface area contributed by atoms with Gasteiger partial charge in [-0.1, -0.05) is 13.8 Å². The Kier molecular flexibility index (Phi) is 5.20. The Hall–Kier alpha value is -1.30. The van der Waals surface area contributed by atoms with E-state index in [1.807, 2.05) is 0 Å². The molecule has 13 atom stereocenters. The van der Waals surface area contributed by atoms with Gasteiger partial charge in [0.1, 0.15) is 24.6 Å². The number of likely N-dealkylation sites (N-methyl/N-ethyl adjacent to an activating group) is 1. The van der Waals surface area contributed by atoms with Gasteiger partial charge in [0.2, 0.25) is 0 Å². The average molecular weight is 536 g/mol. The summed E-state index contributed by atoms with van der Waals surface area (Å²) in [5.74, 6) is -1.78. The van der Waals surface area contributed by atoms with Gasteiger partial charge in [0.15, 0.2) is 5.60 Å². The highest BCUT2D eigenvalue weighted by Gasteiger charge is 2.98. The van der Waals surface area contributed by atoms with Crippen LogP contribution in [0.15, 0.2) is 0 Å². The Bertz CT molecular complexity index is 1070. The minimum atomic E-state index is -1.33. The molecule has 2 saturated heterocycles. The van der Waals surface area contributed by atoms with Crippen LogP contribution in [0.5, 0.6) is 0 Å². The summed E-state index contributed by atoms with van der Waals surface area (Å²) in [6.07, 6.45) is 0.595. The van der Waals surface area contributed by atoms with Gasteiger partial charge in [-0.3, -0.25) is 14.5 Å². The number of hydrogen-bond donors (Lipinski definition) is 1. The maximum atomic E-state index is 13.5. The van der Waals surface area contributed by atoms with E-state index in [4.69, 9.17) is 28.4 Å². The largest absolute Gasteiger partial charge is 0.462 e. The number of aliphatic hydroxyl groups is 1. The third-order valence-electron chi connectivity index (χ3n) is 12.2. The number of esters is 2. The molecule has 7 aliphatic rings. The number of carbonyl (C=O) groups is 2. The van der Waals surface area contributed by atoms with Gasteiger partial charge in [-0.05, 0) is 31.2 Å². The van der Waals surface area contributed by atoms with Crippen LogP contribution in [0, 0.1) is 28.6 Å². The van der Waals surface area contributed by atoms with Crippen LogP contribution in [0.2, 0.25) is 0 Å². The summed E-state index contributed by atoms with van der Waals surface area (Å²) in [5.41, 5.74) is -4.59. The van der Waals surface area contributed by atoms with Gasteiger partial charge >= 0.3 is 11.9 Å². The molecule has 0 aromatic carbocycles. The fraction of sp³-hybridized carbons (Fsp3) is 0.929. The van der Waals surface area contributed by atoms with Crippen LogP contribution in [0.3, 0.4) is 0 Å². The van der Waals surface area contributed by atoms with Crippen LogP contribution in [-0.4, -0.2) is 103 Å². The standard InChI is InChI=1S/C28H41NO9/c1-7-29-12-24(4)9-8-18(34-6)27-21(24)22(38-15(3)31)28(23(27)29)26(35-13-36-28)11-17(33-5)16-10-25(27,32)20(26)19(16)37-14(2)30/h16-23,32H,7-13H2,1-6H3/t16-,17-,18?,19?,20-,21+,22-,23+,24-,25-,26+,27?,28-/m0/s1. The zero-order chi connectivity index (χ0) is 27.0. The topological polar surface area (TPSA) is 113 Å². The summed E-state index contributed by atoms with van der Waals surface area (Å²) < 4.78 is 38.4. The van der Waals surface area contributed by atoms with Gasteiger partial charge in [0.25, 0.3) is 0 Å². The highest BCUT2D eigenvalue weighted by atomic mass is 16.7. The lowest BCUT2D eigenvalue weighted by molar-refractivity contribution is -0.331. The minimum Gasteiger partial charge on any atom is -0.462 e. The molecule has 7 rings (SSSR count). The zero-order valence-corrected chi connectivity index (χ0v) is 23.2. The first-order chi connectivity index (χ1) is 18.0. The maximum Gasteiger partial charge on any atom is 0.303 e. The summed E-state index contributed by atoms with van der Waals surface area (Å²) in [7, 11) is 3.38. The summed E-state index contributed by atoms with van der Waals surface area (Å²) >= 11 is 0. The molecule has 2 aliphatic heterocycles. The summed E-state index contributed by atoms with van der Waals surface area (Å²) in [5, 5.41) is 13.5. The van der Waals surface area contributed by atoms with Crippen LogP contribution >= 0.6 is 0 Å². The van der Waals surface area contributed by atoms with Crippen molar-refractivity contribution in [2.45, 2.75) is 101 Å². The Balaban J connectivity index is 1.60. The Morgan fingerprint density at radius 3 is 2.42 bits per heavy atom. The van der Waals surface area contributed by atoms with Gasteiger partial charge in [-0.25, -0.2) is 0 Å². The van der Waals surface area contributed by atoms with E-state index >= 15 is 0 Å². The smallest absolute Gasteiger partial charge is 0.303 e. The highest BCUT2D eigenvalue weighted by Crippen LogP contribution is 2.83. The van der Waals surface area contributed by atoms with Crippen LogP contribution in [0.25, 0.3) is 0 Å². The number of carbonyl (C=O) groups excluding carboxylic acids is 2. The summed E-state index contributed by atoms with van der Waals surface area (Å²) in [4.78, 5) is 27.7. The first-order valence-electron chi connectivity index (χ1n) is 14.2. The van der Waals surface area contributed by atoms with E-state index in [1.165, 1.54) is 13.8 Å². The van der Waals surface area contributed by atoms with Crippen LogP contribution < -0.4 is 0 Å². The molecule has 10 nitrogen and oxygen atoms in total. The van der Waals surface area contributed by atoms with Crippen molar-refractivity contribution in [3.63, 3.8) is 0 Å². The number of ether oxygens (including phenoxy) is 6. The van der Waals surface area contributed by atoms with Crippen molar-refractivity contribution >= 4 is 11.9 Å². The average Bonchev–Trinajstić information content (AvgIpc) is 3.39. The number of rotatable bonds is 5. The predicted octanol–water partition coefficient (Wildman–Crippen LogP) is 1.27. The molecule has 2 heterocycles. The van der Waals surface area contributed by atoms with Crippen molar-refractivity contribution in [3.05, 3.63) is 0 Å². The van der Waals surface area contributed by atoms with E-state index in [9.17, 15) is 14.7 Å². The number of nitrogens with zero attached hydrogens (tertiary/aromatic N) is 1. The number of hydrogen-bond acceptors (Lipinski definition) is 10. The SMILES string of the molecule is CCN1C[C@]2(C)CCC(OC)C34[C@@H]1[C@@]1(OCO[C@@]15C[C@H](OC)[C@@H]1C[C@]3(O)[C@@H]5C1OC(C)=O)[C@@H](OC(C)=O)[C@@H]42. The van der Waals surface area contributed by atoms with E-state index < -0.39 is 46.3 Å². The molecule has 7 bridgehead atoms. The lowest BCUT2D eigenvalue weighted by Crippen LogP contribution is -2.85. The van der Waals surface area contributed by atoms with Crippen LogP contribution in [0.1, 0.15) is 53.4 Å². The van der Waals surface area contributed by atoms with E-state index in [-0.39, 0.29) is 48.3 Å². The van der Waals surface area contributed by atoms with Crippen molar-refractivity contribution in [2.24, 2.45) is 28.6 Å². The highest BCUT2D eigenvalue weighted by molar-refractivity contribution is 5.67. The van der Waals surface area contributed by atoms with Gasteiger partial charge in [0.05, 0.1) is 35.2 Å². The quantitative estimate of drug-likeness (QED) is 0.517. The number of fused-ring (bicyclic) bond motifs is 1. The molecule has 10 heteroatoms. The molecule has 3 unspecified atom stereocenters. The Morgan fingerprint density at radius 1 is 1.05 bits per heavy atom. The summed E-state index contributed by atoms with van der Waals surface area (Å²) in [6, 6.07) is -0.316. The first kappa shape index (κ1) is 25.7.